The first-order valence-corrected chi connectivity index (χ1v) is 6.34. The molecule has 0 saturated carbocycles. The molecule has 0 amide bonds. The van der Waals surface area contributed by atoms with E-state index in [0.717, 1.165) is 4.90 Å². The van der Waals surface area contributed by atoms with Crippen LogP contribution in [0, 0.1) is 29.1 Å². The van der Waals surface area contributed by atoms with Gasteiger partial charge in [0.25, 0.3) is 0 Å². The SMILES string of the molecule is CN(C)CC1CC(O)CN1c1c(F)c(F)c(F)c(F)c1F. The van der Waals surface area contributed by atoms with Crippen molar-refractivity contribution in [2.45, 2.75) is 18.6 Å². The Balaban J connectivity index is 2.50. The fourth-order valence-electron chi connectivity index (χ4n) is 2.61. The quantitative estimate of drug-likeness (QED) is 0.525. The van der Waals surface area contributed by atoms with E-state index in [0.29, 0.717) is 6.54 Å². The summed E-state index contributed by atoms with van der Waals surface area (Å²) in [4.78, 5) is 2.75. The number of β-amino-alcohol motifs (C(OH)–C–C–N with tert-alkyl or cyclic N) is 1. The van der Waals surface area contributed by atoms with Gasteiger partial charge in [-0.3, -0.25) is 0 Å². The first-order chi connectivity index (χ1) is 9.73. The Hall–Kier alpha value is -1.41. The van der Waals surface area contributed by atoms with Crippen molar-refractivity contribution in [3.8, 4) is 0 Å². The molecule has 0 bridgehead atoms. The van der Waals surface area contributed by atoms with Gasteiger partial charge in [0, 0.05) is 19.1 Å². The van der Waals surface area contributed by atoms with Gasteiger partial charge in [-0.2, -0.15) is 0 Å². The summed E-state index contributed by atoms with van der Waals surface area (Å²) in [6.45, 7) is 0.132. The van der Waals surface area contributed by atoms with Gasteiger partial charge < -0.3 is 14.9 Å². The van der Waals surface area contributed by atoms with Crippen molar-refractivity contribution in [1.29, 1.82) is 0 Å². The van der Waals surface area contributed by atoms with E-state index in [1.807, 2.05) is 0 Å². The van der Waals surface area contributed by atoms with Crippen molar-refractivity contribution in [2.75, 3.05) is 32.1 Å². The monoisotopic (exact) mass is 310 g/mol. The van der Waals surface area contributed by atoms with Crippen molar-refractivity contribution in [3.05, 3.63) is 29.1 Å². The molecule has 0 aliphatic carbocycles. The average Bonchev–Trinajstić information content (AvgIpc) is 2.74. The van der Waals surface area contributed by atoms with E-state index in [1.165, 1.54) is 0 Å². The lowest BCUT2D eigenvalue weighted by Crippen LogP contribution is -2.39. The second-order valence-corrected chi connectivity index (χ2v) is 5.38. The highest BCUT2D eigenvalue weighted by Gasteiger charge is 2.37. The van der Waals surface area contributed by atoms with Gasteiger partial charge >= 0.3 is 0 Å². The third-order valence-electron chi connectivity index (χ3n) is 3.44. The maximum Gasteiger partial charge on any atom is 0.200 e. The first-order valence-electron chi connectivity index (χ1n) is 6.34. The molecule has 0 aromatic heterocycles. The van der Waals surface area contributed by atoms with Crippen molar-refractivity contribution < 1.29 is 27.1 Å². The molecule has 1 heterocycles. The summed E-state index contributed by atoms with van der Waals surface area (Å²) in [6.07, 6.45) is -0.692. The van der Waals surface area contributed by atoms with Gasteiger partial charge in [-0.25, -0.2) is 22.0 Å². The number of halogens is 5. The zero-order chi connectivity index (χ0) is 15.9. The lowest BCUT2D eigenvalue weighted by Gasteiger charge is -2.29. The van der Waals surface area contributed by atoms with Crippen LogP contribution in [0.1, 0.15) is 6.42 Å². The van der Waals surface area contributed by atoms with Crippen LogP contribution in [0.4, 0.5) is 27.6 Å². The minimum Gasteiger partial charge on any atom is -0.391 e. The Kier molecular flexibility index (Phi) is 4.38. The third kappa shape index (κ3) is 2.82. The second-order valence-electron chi connectivity index (χ2n) is 5.38. The van der Waals surface area contributed by atoms with Crippen molar-refractivity contribution in [3.63, 3.8) is 0 Å². The van der Waals surface area contributed by atoms with Crippen LogP contribution in [0.3, 0.4) is 0 Å². The molecule has 0 radical (unpaired) electrons. The van der Waals surface area contributed by atoms with E-state index in [9.17, 15) is 27.1 Å². The van der Waals surface area contributed by atoms with E-state index >= 15 is 0 Å². The molecular formula is C13H15F5N2O. The third-order valence-corrected chi connectivity index (χ3v) is 3.44. The number of rotatable bonds is 3. The number of aliphatic hydroxyl groups excluding tert-OH is 1. The molecule has 118 valence electrons. The second kappa shape index (κ2) is 5.76. The Morgan fingerprint density at radius 2 is 1.48 bits per heavy atom. The van der Waals surface area contributed by atoms with E-state index < -0.39 is 46.9 Å². The lowest BCUT2D eigenvalue weighted by molar-refractivity contribution is 0.191. The zero-order valence-electron chi connectivity index (χ0n) is 11.5. The number of likely N-dealkylation sites (N-methyl/N-ethyl adjacent to an activating group) is 1. The normalized spacial score (nSPS) is 22.4. The maximum absolute atomic E-state index is 13.8. The van der Waals surface area contributed by atoms with Gasteiger partial charge in [-0.1, -0.05) is 0 Å². The van der Waals surface area contributed by atoms with E-state index in [-0.39, 0.29) is 13.0 Å². The topological polar surface area (TPSA) is 26.7 Å². The summed E-state index contributed by atoms with van der Waals surface area (Å²) in [6, 6.07) is -0.539. The van der Waals surface area contributed by atoms with Crippen LogP contribution in [0.5, 0.6) is 0 Å². The fourth-order valence-corrected chi connectivity index (χ4v) is 2.61. The minimum absolute atomic E-state index is 0.184. The van der Waals surface area contributed by atoms with Crippen LogP contribution >= 0.6 is 0 Å². The molecule has 21 heavy (non-hydrogen) atoms. The van der Waals surface area contributed by atoms with Crippen LogP contribution in [0.2, 0.25) is 0 Å². The van der Waals surface area contributed by atoms with E-state index in [2.05, 4.69) is 0 Å². The predicted octanol–water partition coefficient (Wildman–Crippen LogP) is 1.88. The standard InChI is InChI=1S/C13H15F5N2O/c1-19(2)4-6-3-7(21)5-20(6)13-11(17)9(15)8(14)10(16)12(13)18/h6-7,21H,3-5H2,1-2H3. The number of hydrogen-bond acceptors (Lipinski definition) is 3. The van der Waals surface area contributed by atoms with Crippen LogP contribution in [0.25, 0.3) is 0 Å². The minimum atomic E-state index is -2.18. The van der Waals surface area contributed by atoms with Crippen LogP contribution < -0.4 is 4.90 Å². The van der Waals surface area contributed by atoms with Crippen LogP contribution in [-0.4, -0.2) is 49.3 Å². The Morgan fingerprint density at radius 1 is 1.00 bits per heavy atom. The number of benzene rings is 1. The van der Waals surface area contributed by atoms with Gasteiger partial charge in [0.15, 0.2) is 23.3 Å². The molecule has 8 heteroatoms. The molecule has 2 rings (SSSR count). The molecule has 0 spiro atoms. The largest absolute Gasteiger partial charge is 0.391 e. The van der Waals surface area contributed by atoms with Crippen LogP contribution in [-0.2, 0) is 0 Å². The summed E-state index contributed by atoms with van der Waals surface area (Å²) in [7, 11) is 3.42. The van der Waals surface area contributed by atoms with Gasteiger partial charge in [0.2, 0.25) is 5.82 Å². The molecule has 1 fully saturated rings. The molecule has 1 aliphatic heterocycles. The smallest absolute Gasteiger partial charge is 0.200 e. The van der Waals surface area contributed by atoms with Gasteiger partial charge in [0.05, 0.1) is 6.10 Å². The van der Waals surface area contributed by atoms with Gasteiger partial charge in [0.1, 0.15) is 5.69 Å². The van der Waals surface area contributed by atoms with Crippen LogP contribution in [0.15, 0.2) is 0 Å². The summed E-state index contributed by atoms with van der Waals surface area (Å²) >= 11 is 0. The predicted molar refractivity (Wildman–Crippen MR) is 66.5 cm³/mol. The number of hydrogen-bond donors (Lipinski definition) is 1. The Bertz CT molecular complexity index is 523. The highest BCUT2D eigenvalue weighted by Crippen LogP contribution is 2.34. The van der Waals surface area contributed by atoms with Crippen molar-refractivity contribution in [2.24, 2.45) is 0 Å². The van der Waals surface area contributed by atoms with E-state index in [4.69, 9.17) is 0 Å². The number of anilines is 1. The lowest BCUT2D eigenvalue weighted by atomic mass is 10.1. The molecule has 1 aromatic carbocycles. The Labute approximate surface area is 118 Å². The zero-order valence-corrected chi connectivity index (χ0v) is 11.5. The molecular weight excluding hydrogens is 295 g/mol. The van der Waals surface area contributed by atoms with Crippen molar-refractivity contribution in [1.82, 2.24) is 4.90 Å². The molecule has 1 aliphatic rings. The average molecular weight is 310 g/mol. The van der Waals surface area contributed by atoms with Gasteiger partial charge in [-0.15, -0.1) is 0 Å². The summed E-state index contributed by atoms with van der Waals surface area (Å²) < 4.78 is 67.3. The van der Waals surface area contributed by atoms with Gasteiger partial charge in [-0.05, 0) is 20.5 Å². The highest BCUT2D eigenvalue weighted by atomic mass is 19.2. The Morgan fingerprint density at radius 3 is 1.95 bits per heavy atom. The maximum atomic E-state index is 13.8. The number of nitrogens with zero attached hydrogens (tertiary/aromatic N) is 2. The summed E-state index contributed by atoms with van der Waals surface area (Å²) in [5.41, 5.74) is -0.977. The molecule has 1 saturated heterocycles. The number of aliphatic hydroxyl groups is 1. The van der Waals surface area contributed by atoms with Crippen molar-refractivity contribution >= 4 is 5.69 Å². The first kappa shape index (κ1) is 16.0. The summed E-state index contributed by atoms with van der Waals surface area (Å²) in [5, 5.41) is 9.65. The molecule has 2 atom stereocenters. The molecule has 2 unspecified atom stereocenters. The fraction of sp³-hybridized carbons (Fsp3) is 0.538. The van der Waals surface area contributed by atoms with E-state index in [1.54, 1.807) is 19.0 Å². The summed E-state index contributed by atoms with van der Waals surface area (Å²) in [5.74, 6) is -9.88. The molecule has 3 nitrogen and oxygen atoms in total. The molecule has 1 aromatic rings. The molecule has 1 N–H and O–H groups in total. The highest BCUT2D eigenvalue weighted by molar-refractivity contribution is 5.52.